The van der Waals surface area contributed by atoms with Gasteiger partial charge in [0.1, 0.15) is 0 Å². The molecule has 0 aromatic carbocycles. The van der Waals surface area contributed by atoms with Gasteiger partial charge in [0.05, 0.1) is 5.69 Å². The number of hydrogen-bond acceptors (Lipinski definition) is 3. The van der Waals surface area contributed by atoms with E-state index in [0.29, 0.717) is 24.3 Å². The number of carbonyl (C=O) groups is 1. The molecule has 2 heterocycles. The van der Waals surface area contributed by atoms with Crippen LogP contribution in [0.3, 0.4) is 0 Å². The minimum Gasteiger partial charge on any atom is -0.341 e. The van der Waals surface area contributed by atoms with Crippen LogP contribution in [-0.2, 0) is 11.2 Å². The fraction of sp³-hybridized carbons (Fsp3) is 0.765. The normalized spacial score (nSPS) is 22.1. The predicted octanol–water partition coefficient (Wildman–Crippen LogP) is 2.00. The second kappa shape index (κ2) is 6.82. The number of likely N-dealkylation sites (N-methyl/N-ethyl adjacent to an activating group) is 1. The highest BCUT2D eigenvalue weighted by atomic mass is 16.2. The van der Waals surface area contributed by atoms with Gasteiger partial charge < -0.3 is 9.80 Å². The molecule has 1 aromatic heterocycles. The van der Waals surface area contributed by atoms with Crippen molar-refractivity contribution in [2.45, 2.75) is 46.6 Å². The molecule has 5 nitrogen and oxygen atoms in total. The first-order valence-corrected chi connectivity index (χ1v) is 8.25. The van der Waals surface area contributed by atoms with E-state index in [1.54, 1.807) is 0 Å². The van der Waals surface area contributed by atoms with Crippen molar-refractivity contribution in [1.29, 1.82) is 0 Å². The van der Waals surface area contributed by atoms with Gasteiger partial charge >= 0.3 is 0 Å². The maximum absolute atomic E-state index is 12.6. The minimum absolute atomic E-state index is 0.273. The van der Waals surface area contributed by atoms with E-state index in [0.717, 1.165) is 30.9 Å². The van der Waals surface area contributed by atoms with Crippen molar-refractivity contribution in [2.24, 2.45) is 11.8 Å². The lowest BCUT2D eigenvalue weighted by atomic mass is 9.91. The van der Waals surface area contributed by atoms with E-state index in [1.165, 1.54) is 5.56 Å². The number of aromatic amines is 1. The van der Waals surface area contributed by atoms with Crippen LogP contribution in [0.5, 0.6) is 0 Å². The largest absolute Gasteiger partial charge is 0.341 e. The Bertz CT molecular complexity index is 485. The highest BCUT2D eigenvalue weighted by Crippen LogP contribution is 2.27. The van der Waals surface area contributed by atoms with Gasteiger partial charge in [0.25, 0.3) is 0 Å². The maximum Gasteiger partial charge on any atom is 0.222 e. The Morgan fingerprint density at radius 2 is 2.05 bits per heavy atom. The first kappa shape index (κ1) is 17.0. The molecule has 5 heteroatoms. The summed E-state index contributed by atoms with van der Waals surface area (Å²) in [6.07, 6.45) is 1.36. The summed E-state index contributed by atoms with van der Waals surface area (Å²) in [5.41, 5.74) is 3.29. The van der Waals surface area contributed by atoms with Crippen LogP contribution in [0.15, 0.2) is 0 Å². The van der Waals surface area contributed by atoms with Crippen LogP contribution in [0.25, 0.3) is 0 Å². The van der Waals surface area contributed by atoms with Gasteiger partial charge in [-0.3, -0.25) is 9.89 Å². The molecule has 1 aliphatic rings. The molecule has 1 saturated heterocycles. The molecule has 2 atom stereocenters. The van der Waals surface area contributed by atoms with Gasteiger partial charge in [-0.25, -0.2) is 0 Å². The summed E-state index contributed by atoms with van der Waals surface area (Å²) in [7, 11) is 4.23. The molecule has 1 amide bonds. The molecule has 0 unspecified atom stereocenters. The van der Waals surface area contributed by atoms with Crippen molar-refractivity contribution in [2.75, 3.05) is 27.2 Å². The number of aryl methyl sites for hydroxylation is 2. The Hall–Kier alpha value is -1.36. The Morgan fingerprint density at radius 3 is 2.50 bits per heavy atom. The second-order valence-corrected chi connectivity index (χ2v) is 7.15. The quantitative estimate of drug-likeness (QED) is 0.905. The third-order valence-electron chi connectivity index (χ3n) is 5.07. The van der Waals surface area contributed by atoms with Crippen LogP contribution in [0.4, 0.5) is 0 Å². The van der Waals surface area contributed by atoms with E-state index in [2.05, 4.69) is 47.9 Å². The summed E-state index contributed by atoms with van der Waals surface area (Å²) in [4.78, 5) is 16.9. The maximum atomic E-state index is 12.6. The summed E-state index contributed by atoms with van der Waals surface area (Å²) in [6, 6.07) is 0.473. The molecule has 0 radical (unpaired) electrons. The van der Waals surface area contributed by atoms with Crippen LogP contribution >= 0.6 is 0 Å². The standard InChI is InChI=1S/C17H30N4O/c1-11(2)15-9-21(10-16(15)20(5)6)17(22)8-7-14-12(3)18-19-13(14)4/h11,15-16H,7-10H2,1-6H3,(H,18,19)/t15-,16+/m1/s1. The zero-order valence-corrected chi connectivity index (χ0v) is 14.8. The molecule has 0 saturated carbocycles. The van der Waals surface area contributed by atoms with Crippen molar-refractivity contribution < 1.29 is 4.79 Å². The first-order valence-electron chi connectivity index (χ1n) is 8.25. The van der Waals surface area contributed by atoms with Gasteiger partial charge in [-0.2, -0.15) is 5.10 Å². The van der Waals surface area contributed by atoms with Gasteiger partial charge in [-0.1, -0.05) is 13.8 Å². The molecule has 22 heavy (non-hydrogen) atoms. The number of rotatable bonds is 5. The zero-order valence-electron chi connectivity index (χ0n) is 14.8. The monoisotopic (exact) mass is 306 g/mol. The van der Waals surface area contributed by atoms with Crippen LogP contribution in [0, 0.1) is 25.7 Å². The van der Waals surface area contributed by atoms with Gasteiger partial charge in [0.2, 0.25) is 5.91 Å². The number of nitrogens with one attached hydrogen (secondary N) is 1. The van der Waals surface area contributed by atoms with Crippen molar-refractivity contribution in [3.8, 4) is 0 Å². The molecular weight excluding hydrogens is 276 g/mol. The number of aromatic nitrogens is 2. The van der Waals surface area contributed by atoms with Crippen LogP contribution in [-0.4, -0.2) is 59.1 Å². The Balaban J connectivity index is 1.96. The number of nitrogens with zero attached hydrogens (tertiary/aromatic N) is 3. The fourth-order valence-electron chi connectivity index (χ4n) is 3.55. The lowest BCUT2D eigenvalue weighted by molar-refractivity contribution is -0.130. The Labute approximate surface area is 134 Å². The summed E-state index contributed by atoms with van der Waals surface area (Å²) in [6.45, 7) is 10.3. The van der Waals surface area contributed by atoms with Crippen molar-refractivity contribution in [3.63, 3.8) is 0 Å². The zero-order chi connectivity index (χ0) is 16.4. The number of amides is 1. The highest BCUT2D eigenvalue weighted by Gasteiger charge is 2.37. The summed E-state index contributed by atoms with van der Waals surface area (Å²) >= 11 is 0. The minimum atomic E-state index is 0.273. The van der Waals surface area contributed by atoms with E-state index in [9.17, 15) is 4.79 Å². The molecular formula is C17H30N4O. The van der Waals surface area contributed by atoms with E-state index in [1.807, 2.05) is 13.8 Å². The molecule has 1 fully saturated rings. The van der Waals surface area contributed by atoms with E-state index < -0.39 is 0 Å². The number of H-pyrrole nitrogens is 1. The van der Waals surface area contributed by atoms with Gasteiger partial charge in [-0.15, -0.1) is 0 Å². The second-order valence-electron chi connectivity index (χ2n) is 7.15. The molecule has 1 N–H and O–H groups in total. The van der Waals surface area contributed by atoms with E-state index >= 15 is 0 Å². The summed E-state index contributed by atoms with van der Waals surface area (Å²) in [5, 5.41) is 7.20. The average molecular weight is 306 g/mol. The number of likely N-dealkylation sites (tertiary alicyclic amines) is 1. The van der Waals surface area contributed by atoms with Crippen LogP contribution in [0.2, 0.25) is 0 Å². The van der Waals surface area contributed by atoms with Crippen molar-refractivity contribution in [1.82, 2.24) is 20.0 Å². The molecule has 0 bridgehead atoms. The molecule has 0 spiro atoms. The third-order valence-corrected chi connectivity index (χ3v) is 5.07. The van der Waals surface area contributed by atoms with E-state index in [4.69, 9.17) is 0 Å². The molecule has 124 valence electrons. The third kappa shape index (κ3) is 3.51. The molecule has 2 rings (SSSR count). The SMILES string of the molecule is Cc1n[nH]c(C)c1CCC(=O)N1C[C@H](C(C)C)[C@@H](N(C)C)C1. The first-order chi connectivity index (χ1) is 10.3. The van der Waals surface area contributed by atoms with Gasteiger partial charge in [0, 0.05) is 31.2 Å². The summed E-state index contributed by atoms with van der Waals surface area (Å²) in [5.74, 6) is 1.44. The number of hydrogen-bond donors (Lipinski definition) is 1. The highest BCUT2D eigenvalue weighted by molar-refractivity contribution is 5.77. The smallest absolute Gasteiger partial charge is 0.222 e. The molecule has 1 aromatic rings. The Kier molecular flexibility index (Phi) is 5.27. The summed E-state index contributed by atoms with van der Waals surface area (Å²) < 4.78 is 0. The fourth-order valence-corrected chi connectivity index (χ4v) is 3.55. The number of carbonyl (C=O) groups excluding carboxylic acids is 1. The lowest BCUT2D eigenvalue weighted by Gasteiger charge is -2.27. The molecule has 1 aliphatic heterocycles. The Morgan fingerprint density at radius 1 is 1.36 bits per heavy atom. The van der Waals surface area contributed by atoms with Crippen molar-refractivity contribution in [3.05, 3.63) is 17.0 Å². The average Bonchev–Trinajstić information content (AvgIpc) is 3.02. The van der Waals surface area contributed by atoms with E-state index in [-0.39, 0.29) is 5.91 Å². The molecule has 0 aliphatic carbocycles. The van der Waals surface area contributed by atoms with Crippen molar-refractivity contribution >= 4 is 5.91 Å². The van der Waals surface area contributed by atoms with Gasteiger partial charge in [-0.05, 0) is 51.8 Å². The predicted molar refractivity (Wildman–Crippen MR) is 88.8 cm³/mol. The lowest BCUT2D eigenvalue weighted by Crippen LogP contribution is -2.37. The van der Waals surface area contributed by atoms with Crippen LogP contribution < -0.4 is 0 Å². The van der Waals surface area contributed by atoms with Crippen LogP contribution in [0.1, 0.15) is 37.2 Å². The topological polar surface area (TPSA) is 52.2 Å². The van der Waals surface area contributed by atoms with Gasteiger partial charge in [0.15, 0.2) is 0 Å².